The standard InChI is InChI=1S/C5H12O5/c1-2-3(6)4(7)5(8,9)10/h3-4,6-10H,2H2,1H3. The Balaban J connectivity index is 3.94. The van der Waals surface area contributed by atoms with E-state index >= 15 is 0 Å². The zero-order valence-electron chi connectivity index (χ0n) is 5.60. The smallest absolute Gasteiger partial charge is 0.305 e. The number of aliphatic hydroxyl groups is 5. The lowest BCUT2D eigenvalue weighted by Gasteiger charge is -2.24. The molecule has 0 saturated heterocycles. The molecule has 2 unspecified atom stereocenters. The fraction of sp³-hybridized carbons (Fsp3) is 1.00. The minimum absolute atomic E-state index is 0.130. The van der Waals surface area contributed by atoms with Crippen molar-refractivity contribution in [2.45, 2.75) is 31.5 Å². The van der Waals surface area contributed by atoms with Gasteiger partial charge in [0.2, 0.25) is 0 Å². The Morgan fingerprint density at radius 3 is 1.70 bits per heavy atom. The van der Waals surface area contributed by atoms with E-state index in [9.17, 15) is 0 Å². The molecule has 0 fully saturated rings. The van der Waals surface area contributed by atoms with Crippen LogP contribution in [-0.2, 0) is 0 Å². The summed E-state index contributed by atoms with van der Waals surface area (Å²) >= 11 is 0. The van der Waals surface area contributed by atoms with E-state index in [1.807, 2.05) is 0 Å². The van der Waals surface area contributed by atoms with Crippen molar-refractivity contribution in [1.29, 1.82) is 0 Å². The molecule has 0 aliphatic heterocycles. The number of aliphatic hydroxyl groups excluding tert-OH is 2. The van der Waals surface area contributed by atoms with E-state index in [4.69, 9.17) is 25.5 Å². The summed E-state index contributed by atoms with van der Waals surface area (Å²) in [5, 5.41) is 42.3. The second-order valence-electron chi connectivity index (χ2n) is 2.11. The van der Waals surface area contributed by atoms with Gasteiger partial charge in [0.25, 0.3) is 0 Å². The van der Waals surface area contributed by atoms with Crippen LogP contribution in [0.1, 0.15) is 13.3 Å². The molecule has 0 saturated carbocycles. The van der Waals surface area contributed by atoms with Gasteiger partial charge < -0.3 is 25.5 Å². The Bertz CT molecular complexity index is 96.7. The number of hydrogen-bond donors (Lipinski definition) is 5. The average molecular weight is 152 g/mol. The lowest BCUT2D eigenvalue weighted by Crippen LogP contribution is -2.48. The molecular formula is C5H12O5. The zero-order valence-corrected chi connectivity index (χ0v) is 5.60. The molecule has 62 valence electrons. The van der Waals surface area contributed by atoms with Crippen LogP contribution in [0.5, 0.6) is 0 Å². The molecule has 0 radical (unpaired) electrons. The van der Waals surface area contributed by atoms with Gasteiger partial charge in [-0.3, -0.25) is 0 Å². The Morgan fingerprint density at radius 2 is 1.60 bits per heavy atom. The highest BCUT2D eigenvalue weighted by atomic mass is 16.7. The minimum atomic E-state index is -3.21. The van der Waals surface area contributed by atoms with Gasteiger partial charge in [-0.15, -0.1) is 0 Å². The van der Waals surface area contributed by atoms with Gasteiger partial charge in [-0.2, -0.15) is 0 Å². The van der Waals surface area contributed by atoms with Crippen LogP contribution in [0.3, 0.4) is 0 Å². The van der Waals surface area contributed by atoms with Crippen LogP contribution in [-0.4, -0.2) is 43.7 Å². The van der Waals surface area contributed by atoms with E-state index in [0.29, 0.717) is 0 Å². The first-order valence-corrected chi connectivity index (χ1v) is 2.92. The van der Waals surface area contributed by atoms with E-state index in [-0.39, 0.29) is 6.42 Å². The van der Waals surface area contributed by atoms with Crippen molar-refractivity contribution in [3.8, 4) is 0 Å². The van der Waals surface area contributed by atoms with Crippen LogP contribution in [0.4, 0.5) is 0 Å². The van der Waals surface area contributed by atoms with Crippen molar-refractivity contribution in [3.05, 3.63) is 0 Å². The third-order valence-electron chi connectivity index (χ3n) is 1.18. The first-order chi connectivity index (χ1) is 4.39. The van der Waals surface area contributed by atoms with Crippen molar-refractivity contribution < 1.29 is 25.5 Å². The van der Waals surface area contributed by atoms with E-state index in [1.54, 1.807) is 0 Å². The number of rotatable bonds is 3. The highest BCUT2D eigenvalue weighted by Crippen LogP contribution is 2.08. The predicted molar refractivity (Wildman–Crippen MR) is 31.7 cm³/mol. The Morgan fingerprint density at radius 1 is 1.20 bits per heavy atom. The maximum Gasteiger partial charge on any atom is 0.305 e. The summed E-state index contributed by atoms with van der Waals surface area (Å²) in [5.74, 6) is -3.21. The van der Waals surface area contributed by atoms with E-state index < -0.39 is 18.2 Å². The maximum atomic E-state index is 8.73. The summed E-state index contributed by atoms with van der Waals surface area (Å²) in [7, 11) is 0. The molecule has 0 aliphatic carbocycles. The lowest BCUT2D eigenvalue weighted by molar-refractivity contribution is -0.366. The molecule has 10 heavy (non-hydrogen) atoms. The van der Waals surface area contributed by atoms with E-state index in [1.165, 1.54) is 6.92 Å². The van der Waals surface area contributed by atoms with Crippen LogP contribution in [0.15, 0.2) is 0 Å². The Hall–Kier alpha value is -0.200. The first kappa shape index (κ1) is 9.80. The molecule has 0 heterocycles. The van der Waals surface area contributed by atoms with Gasteiger partial charge >= 0.3 is 5.97 Å². The third-order valence-corrected chi connectivity index (χ3v) is 1.18. The fourth-order valence-electron chi connectivity index (χ4n) is 0.481. The Labute approximate surface area is 58.2 Å². The lowest BCUT2D eigenvalue weighted by atomic mass is 10.1. The molecule has 0 aromatic heterocycles. The van der Waals surface area contributed by atoms with Crippen molar-refractivity contribution in [2.75, 3.05) is 0 Å². The molecular weight excluding hydrogens is 140 g/mol. The second-order valence-corrected chi connectivity index (χ2v) is 2.11. The summed E-state index contributed by atoms with van der Waals surface area (Å²) in [5.41, 5.74) is 0. The van der Waals surface area contributed by atoms with Gasteiger partial charge in [0.1, 0.15) is 0 Å². The largest absolute Gasteiger partial charge is 0.390 e. The molecule has 0 amide bonds. The molecule has 5 heteroatoms. The third kappa shape index (κ3) is 2.59. The molecule has 0 aliphatic rings. The normalized spacial score (nSPS) is 18.6. The van der Waals surface area contributed by atoms with Crippen molar-refractivity contribution in [1.82, 2.24) is 0 Å². The van der Waals surface area contributed by atoms with Gasteiger partial charge in [0.15, 0.2) is 6.10 Å². The summed E-state index contributed by atoms with van der Waals surface area (Å²) in [6.07, 6.45) is -3.15. The summed E-state index contributed by atoms with van der Waals surface area (Å²) < 4.78 is 0. The van der Waals surface area contributed by atoms with Gasteiger partial charge in [-0.1, -0.05) is 6.92 Å². The molecule has 0 spiro atoms. The highest BCUT2D eigenvalue weighted by molar-refractivity contribution is 4.71. The summed E-state index contributed by atoms with van der Waals surface area (Å²) in [6, 6.07) is 0. The van der Waals surface area contributed by atoms with Gasteiger partial charge in [-0.25, -0.2) is 0 Å². The molecule has 0 rings (SSSR count). The van der Waals surface area contributed by atoms with Crippen LogP contribution in [0.2, 0.25) is 0 Å². The van der Waals surface area contributed by atoms with Crippen molar-refractivity contribution in [2.24, 2.45) is 0 Å². The fourth-order valence-corrected chi connectivity index (χ4v) is 0.481. The first-order valence-electron chi connectivity index (χ1n) is 2.92. The molecule has 0 bridgehead atoms. The summed E-state index contributed by atoms with van der Waals surface area (Å²) in [6.45, 7) is 1.53. The van der Waals surface area contributed by atoms with E-state index in [0.717, 1.165) is 0 Å². The SMILES string of the molecule is CCC(O)C(O)C(O)(O)O. The van der Waals surface area contributed by atoms with Crippen molar-refractivity contribution >= 4 is 0 Å². The average Bonchev–Trinajstić information content (AvgIpc) is 1.83. The quantitative estimate of drug-likeness (QED) is 0.294. The monoisotopic (exact) mass is 152 g/mol. The maximum absolute atomic E-state index is 8.73. The molecule has 0 aromatic carbocycles. The summed E-state index contributed by atoms with van der Waals surface area (Å²) in [4.78, 5) is 0. The minimum Gasteiger partial charge on any atom is -0.390 e. The molecule has 5 nitrogen and oxygen atoms in total. The zero-order chi connectivity index (χ0) is 8.36. The molecule has 5 N–H and O–H groups in total. The topological polar surface area (TPSA) is 101 Å². The van der Waals surface area contributed by atoms with Crippen LogP contribution >= 0.6 is 0 Å². The highest BCUT2D eigenvalue weighted by Gasteiger charge is 2.35. The number of hydrogen-bond acceptors (Lipinski definition) is 5. The van der Waals surface area contributed by atoms with Gasteiger partial charge in [0, 0.05) is 0 Å². The van der Waals surface area contributed by atoms with Gasteiger partial charge in [0.05, 0.1) is 6.10 Å². The predicted octanol–water partition coefficient (Wildman–Crippen LogP) is -2.25. The Kier molecular flexibility index (Phi) is 3.20. The van der Waals surface area contributed by atoms with Crippen LogP contribution < -0.4 is 0 Å². The van der Waals surface area contributed by atoms with Crippen LogP contribution in [0, 0.1) is 0 Å². The van der Waals surface area contributed by atoms with Gasteiger partial charge in [-0.05, 0) is 6.42 Å². The van der Waals surface area contributed by atoms with E-state index in [2.05, 4.69) is 0 Å². The molecule has 2 atom stereocenters. The second kappa shape index (κ2) is 3.27. The van der Waals surface area contributed by atoms with Crippen molar-refractivity contribution in [3.63, 3.8) is 0 Å². The molecule has 0 aromatic rings. The van der Waals surface area contributed by atoms with Crippen LogP contribution in [0.25, 0.3) is 0 Å².